The number of ether oxygens (including phenoxy) is 2. The number of esters is 1. The molecule has 0 aliphatic carbocycles. The Bertz CT molecular complexity index is 823. The van der Waals surface area contributed by atoms with Gasteiger partial charge in [-0.3, -0.25) is 4.79 Å². The minimum absolute atomic E-state index is 0.0197. The molecule has 28 heavy (non-hydrogen) atoms. The molecule has 0 heterocycles. The van der Waals surface area contributed by atoms with Crippen molar-refractivity contribution in [2.45, 2.75) is 19.6 Å². The zero-order chi connectivity index (χ0) is 20.5. The Morgan fingerprint density at radius 2 is 1.75 bits per heavy atom. The van der Waals surface area contributed by atoms with Gasteiger partial charge in [-0.1, -0.05) is 40.2 Å². The number of carbonyl (C=O) groups is 2. The van der Waals surface area contributed by atoms with E-state index in [2.05, 4.69) is 26.0 Å². The average Bonchev–Trinajstić information content (AvgIpc) is 2.66. The first-order chi connectivity index (χ1) is 13.3. The molecule has 2 rings (SSSR count). The van der Waals surface area contributed by atoms with Gasteiger partial charge in [-0.25, -0.2) is 4.79 Å². The Kier molecular flexibility index (Phi) is 8.13. The maximum atomic E-state index is 12.1. The number of halogens is 3. The fraction of sp³-hybridized carbons (Fsp3) is 0.200. The third kappa shape index (κ3) is 7.48. The molecule has 0 saturated heterocycles. The topological polar surface area (TPSA) is 64.6 Å². The summed E-state index contributed by atoms with van der Waals surface area (Å²) in [7, 11) is 0. The van der Waals surface area contributed by atoms with Gasteiger partial charge in [0.25, 0.3) is 5.91 Å². The van der Waals surface area contributed by atoms with Gasteiger partial charge in [-0.15, -0.1) is 0 Å². The van der Waals surface area contributed by atoms with E-state index >= 15 is 0 Å². The average molecular weight is 454 g/mol. The van der Waals surface area contributed by atoms with E-state index in [1.165, 1.54) is 30.3 Å². The molecule has 8 heteroatoms. The number of benzene rings is 2. The SMILES string of the molecule is CC(NC(=O)COC(=O)/C=C/c1ccc(OC(F)F)cc1)c1ccc(Br)cc1. The van der Waals surface area contributed by atoms with Crippen LogP contribution in [0.5, 0.6) is 5.75 Å². The summed E-state index contributed by atoms with van der Waals surface area (Å²) >= 11 is 3.34. The fourth-order valence-corrected chi connectivity index (χ4v) is 2.49. The standard InChI is InChI=1S/C20H18BrF2NO4/c1-13(15-5-7-16(21)8-6-15)24-18(25)12-27-19(26)11-4-14-2-9-17(10-3-14)28-20(22)23/h2-11,13,20H,12H2,1H3,(H,24,25)/b11-4+. The summed E-state index contributed by atoms with van der Waals surface area (Å²) in [5.41, 5.74) is 1.51. The van der Waals surface area contributed by atoms with Crippen LogP contribution in [0.4, 0.5) is 8.78 Å². The van der Waals surface area contributed by atoms with Gasteiger partial charge in [0.05, 0.1) is 6.04 Å². The summed E-state index contributed by atoms with van der Waals surface area (Å²) in [6, 6.07) is 13.0. The first kappa shape index (κ1) is 21.6. The van der Waals surface area contributed by atoms with Crippen molar-refractivity contribution in [1.82, 2.24) is 5.32 Å². The van der Waals surface area contributed by atoms with Gasteiger partial charge in [0, 0.05) is 10.5 Å². The number of rotatable bonds is 8. The molecule has 1 atom stereocenters. The quantitative estimate of drug-likeness (QED) is 0.472. The van der Waals surface area contributed by atoms with Crippen molar-refractivity contribution in [2.24, 2.45) is 0 Å². The monoisotopic (exact) mass is 453 g/mol. The smallest absolute Gasteiger partial charge is 0.387 e. The van der Waals surface area contributed by atoms with Gasteiger partial charge in [0.2, 0.25) is 0 Å². The normalized spacial score (nSPS) is 12.0. The second kappa shape index (κ2) is 10.6. The highest BCUT2D eigenvalue weighted by Crippen LogP contribution is 2.17. The van der Waals surface area contributed by atoms with Gasteiger partial charge in [0.1, 0.15) is 5.75 Å². The van der Waals surface area contributed by atoms with Crippen LogP contribution in [0.3, 0.4) is 0 Å². The van der Waals surface area contributed by atoms with Crippen LogP contribution >= 0.6 is 15.9 Å². The predicted molar refractivity (Wildman–Crippen MR) is 104 cm³/mol. The molecule has 1 unspecified atom stereocenters. The molecule has 0 saturated carbocycles. The summed E-state index contributed by atoms with van der Waals surface area (Å²) in [6.45, 7) is -1.48. The zero-order valence-electron chi connectivity index (χ0n) is 14.9. The minimum Gasteiger partial charge on any atom is -0.452 e. The summed E-state index contributed by atoms with van der Waals surface area (Å²) in [6.07, 6.45) is 2.59. The molecule has 0 aromatic heterocycles. The van der Waals surface area contributed by atoms with Crippen molar-refractivity contribution in [2.75, 3.05) is 6.61 Å². The van der Waals surface area contributed by atoms with Crippen LogP contribution in [0.1, 0.15) is 24.1 Å². The Morgan fingerprint density at radius 3 is 2.36 bits per heavy atom. The zero-order valence-corrected chi connectivity index (χ0v) is 16.5. The summed E-state index contributed by atoms with van der Waals surface area (Å²) in [4.78, 5) is 23.6. The minimum atomic E-state index is -2.89. The molecule has 1 N–H and O–H groups in total. The Hall–Kier alpha value is -2.74. The van der Waals surface area contributed by atoms with Crippen molar-refractivity contribution in [3.63, 3.8) is 0 Å². The van der Waals surface area contributed by atoms with Gasteiger partial charge < -0.3 is 14.8 Å². The molecular weight excluding hydrogens is 436 g/mol. The highest BCUT2D eigenvalue weighted by Gasteiger charge is 2.11. The third-order valence-electron chi connectivity index (χ3n) is 3.61. The largest absolute Gasteiger partial charge is 0.452 e. The molecule has 5 nitrogen and oxygen atoms in total. The van der Waals surface area contributed by atoms with Crippen molar-refractivity contribution >= 4 is 33.9 Å². The molecule has 0 bridgehead atoms. The molecule has 2 aromatic carbocycles. The van der Waals surface area contributed by atoms with Crippen LogP contribution in [0.15, 0.2) is 59.1 Å². The van der Waals surface area contributed by atoms with E-state index in [9.17, 15) is 18.4 Å². The molecule has 2 aromatic rings. The first-order valence-corrected chi connectivity index (χ1v) is 9.07. The van der Waals surface area contributed by atoms with Crippen molar-refractivity contribution in [3.05, 3.63) is 70.2 Å². The maximum Gasteiger partial charge on any atom is 0.387 e. The fourth-order valence-electron chi connectivity index (χ4n) is 2.23. The van der Waals surface area contributed by atoms with E-state index in [0.717, 1.165) is 16.1 Å². The van der Waals surface area contributed by atoms with Gasteiger partial charge in [-0.2, -0.15) is 8.78 Å². The first-order valence-electron chi connectivity index (χ1n) is 8.28. The number of alkyl halides is 2. The number of amides is 1. The number of carbonyl (C=O) groups excluding carboxylic acids is 2. The van der Waals surface area contributed by atoms with Crippen LogP contribution in [0.25, 0.3) is 6.08 Å². The second-order valence-corrected chi connectivity index (χ2v) is 6.65. The van der Waals surface area contributed by atoms with Gasteiger partial charge in [0.15, 0.2) is 6.61 Å². The predicted octanol–water partition coefficient (Wildman–Crippen LogP) is 4.48. The van der Waals surface area contributed by atoms with Crippen LogP contribution in [-0.4, -0.2) is 25.1 Å². The van der Waals surface area contributed by atoms with Gasteiger partial charge in [-0.05, 0) is 48.4 Å². The molecule has 0 fully saturated rings. The van der Waals surface area contributed by atoms with Crippen molar-refractivity contribution < 1.29 is 27.8 Å². The van der Waals surface area contributed by atoms with Crippen LogP contribution in [0.2, 0.25) is 0 Å². The highest BCUT2D eigenvalue weighted by molar-refractivity contribution is 9.10. The molecule has 148 valence electrons. The third-order valence-corrected chi connectivity index (χ3v) is 4.14. The van der Waals surface area contributed by atoms with Crippen LogP contribution < -0.4 is 10.1 Å². The molecule has 0 aliphatic rings. The Balaban J connectivity index is 1.77. The molecule has 0 aliphatic heterocycles. The van der Waals surface area contributed by atoms with E-state index < -0.39 is 25.1 Å². The lowest BCUT2D eigenvalue weighted by molar-refractivity contribution is -0.144. The van der Waals surface area contributed by atoms with E-state index in [0.29, 0.717) is 5.56 Å². The van der Waals surface area contributed by atoms with E-state index in [1.807, 2.05) is 31.2 Å². The number of nitrogens with one attached hydrogen (secondary N) is 1. The summed E-state index contributed by atoms with van der Waals surface area (Å²) in [5, 5.41) is 2.74. The lowest BCUT2D eigenvalue weighted by Crippen LogP contribution is -2.30. The highest BCUT2D eigenvalue weighted by atomic mass is 79.9. The maximum absolute atomic E-state index is 12.1. The van der Waals surface area contributed by atoms with Gasteiger partial charge >= 0.3 is 12.6 Å². The second-order valence-electron chi connectivity index (χ2n) is 5.73. The summed E-state index contributed by atoms with van der Waals surface area (Å²) < 4.78 is 34.2. The molecule has 0 spiro atoms. The Labute approximate surface area is 169 Å². The molecular formula is C20H18BrF2NO4. The van der Waals surface area contributed by atoms with Crippen LogP contribution in [0, 0.1) is 0 Å². The lowest BCUT2D eigenvalue weighted by atomic mass is 10.1. The molecule has 0 radical (unpaired) electrons. The van der Waals surface area contributed by atoms with Crippen molar-refractivity contribution in [1.29, 1.82) is 0 Å². The van der Waals surface area contributed by atoms with E-state index in [1.54, 1.807) is 0 Å². The van der Waals surface area contributed by atoms with E-state index in [4.69, 9.17) is 4.74 Å². The van der Waals surface area contributed by atoms with Crippen molar-refractivity contribution in [3.8, 4) is 5.75 Å². The molecule has 1 amide bonds. The number of hydrogen-bond donors (Lipinski definition) is 1. The van der Waals surface area contributed by atoms with Crippen LogP contribution in [-0.2, 0) is 14.3 Å². The van der Waals surface area contributed by atoms with E-state index in [-0.39, 0.29) is 11.8 Å². The Morgan fingerprint density at radius 1 is 1.11 bits per heavy atom. The number of hydrogen-bond acceptors (Lipinski definition) is 4. The lowest BCUT2D eigenvalue weighted by Gasteiger charge is -2.14. The summed E-state index contributed by atoms with van der Waals surface area (Å²) in [5.74, 6) is -1.10.